The van der Waals surface area contributed by atoms with Crippen molar-refractivity contribution in [1.82, 2.24) is 10.3 Å². The molecule has 2 aliphatic heterocycles. The summed E-state index contributed by atoms with van der Waals surface area (Å²) in [5.41, 5.74) is -0.575. The number of rotatable bonds is 2. The first-order chi connectivity index (χ1) is 8.19. The van der Waals surface area contributed by atoms with E-state index in [9.17, 15) is 0 Å². The molecule has 1 N–H and O–H groups in total. The molecule has 4 heteroatoms. The highest BCUT2D eigenvalue weighted by atomic mass is 19.1. The van der Waals surface area contributed by atoms with Crippen molar-refractivity contribution in [2.24, 2.45) is 0 Å². The van der Waals surface area contributed by atoms with Crippen molar-refractivity contribution in [3.63, 3.8) is 0 Å². The van der Waals surface area contributed by atoms with Gasteiger partial charge in [0.15, 0.2) is 0 Å². The van der Waals surface area contributed by atoms with Gasteiger partial charge in [-0.1, -0.05) is 0 Å². The minimum absolute atomic E-state index is 0.324. The highest BCUT2D eigenvalue weighted by molar-refractivity contribution is 5.29. The van der Waals surface area contributed by atoms with E-state index >= 15 is 4.39 Å². The topological polar surface area (TPSA) is 34.1 Å². The molecule has 17 heavy (non-hydrogen) atoms. The average Bonchev–Trinajstić information content (AvgIpc) is 2.69. The van der Waals surface area contributed by atoms with Crippen molar-refractivity contribution in [3.8, 4) is 5.75 Å². The Kier molecular flexibility index (Phi) is 2.54. The molecule has 0 aromatic carbocycles. The summed E-state index contributed by atoms with van der Waals surface area (Å²) in [7, 11) is 1.58. The molecule has 3 rings (SSSR count). The predicted molar refractivity (Wildman–Crippen MR) is 62.8 cm³/mol. The molecular weight excluding hydrogens is 219 g/mol. The number of pyridine rings is 1. The number of fused-ring (bicyclic) bond motifs is 2. The van der Waals surface area contributed by atoms with Crippen LogP contribution in [0, 0.1) is 0 Å². The van der Waals surface area contributed by atoms with Crippen LogP contribution in [-0.2, 0) is 5.67 Å². The number of nitrogens with zero attached hydrogens (tertiary/aromatic N) is 1. The number of aromatic nitrogens is 1. The van der Waals surface area contributed by atoms with Crippen LogP contribution in [0.4, 0.5) is 4.39 Å². The summed E-state index contributed by atoms with van der Waals surface area (Å²) in [4.78, 5) is 4.06. The molecule has 0 aliphatic carbocycles. The van der Waals surface area contributed by atoms with Gasteiger partial charge in [0.1, 0.15) is 11.4 Å². The van der Waals surface area contributed by atoms with Crippen molar-refractivity contribution < 1.29 is 9.13 Å². The van der Waals surface area contributed by atoms with Crippen molar-refractivity contribution in [3.05, 3.63) is 24.0 Å². The fourth-order valence-corrected chi connectivity index (χ4v) is 3.10. The fraction of sp³-hybridized carbons (Fsp3) is 0.615. The summed E-state index contributed by atoms with van der Waals surface area (Å²) < 4.78 is 20.1. The smallest absolute Gasteiger partial charge is 0.140 e. The van der Waals surface area contributed by atoms with Crippen LogP contribution in [0.5, 0.6) is 5.75 Å². The van der Waals surface area contributed by atoms with E-state index in [1.54, 1.807) is 25.6 Å². The van der Waals surface area contributed by atoms with Gasteiger partial charge in [-0.15, -0.1) is 0 Å². The van der Waals surface area contributed by atoms with Crippen molar-refractivity contribution in [2.75, 3.05) is 7.11 Å². The summed E-state index contributed by atoms with van der Waals surface area (Å²) in [6.07, 6.45) is 6.54. The van der Waals surface area contributed by atoms with Crippen molar-refractivity contribution in [2.45, 2.75) is 43.4 Å². The minimum atomic E-state index is -1.24. The molecule has 3 heterocycles. The first-order valence-electron chi connectivity index (χ1n) is 6.14. The molecule has 92 valence electrons. The third-order valence-corrected chi connectivity index (χ3v) is 3.94. The van der Waals surface area contributed by atoms with Gasteiger partial charge in [0.25, 0.3) is 0 Å². The first kappa shape index (κ1) is 11.0. The quantitative estimate of drug-likeness (QED) is 0.854. The third kappa shape index (κ3) is 1.90. The molecular formula is C13H17FN2O. The molecule has 3 nitrogen and oxygen atoms in total. The van der Waals surface area contributed by atoms with Crippen molar-refractivity contribution in [1.29, 1.82) is 0 Å². The second kappa shape index (κ2) is 3.95. The van der Waals surface area contributed by atoms with E-state index in [0.29, 0.717) is 36.2 Å². The molecule has 0 spiro atoms. The molecule has 0 saturated carbocycles. The number of nitrogens with one attached hydrogen (secondary N) is 1. The van der Waals surface area contributed by atoms with Crippen LogP contribution in [-0.4, -0.2) is 24.2 Å². The summed E-state index contributed by atoms with van der Waals surface area (Å²) in [5, 5.41) is 3.45. The lowest BCUT2D eigenvalue weighted by atomic mass is 9.84. The fourth-order valence-electron chi connectivity index (χ4n) is 3.10. The highest BCUT2D eigenvalue weighted by Gasteiger charge is 2.45. The monoisotopic (exact) mass is 236 g/mol. The lowest BCUT2D eigenvalue weighted by Crippen LogP contribution is -2.44. The maximum atomic E-state index is 15.0. The Balaban J connectivity index is 1.91. The van der Waals surface area contributed by atoms with Gasteiger partial charge in [-0.25, -0.2) is 4.39 Å². The highest BCUT2D eigenvalue weighted by Crippen LogP contribution is 2.44. The summed E-state index contributed by atoms with van der Waals surface area (Å²) in [6.45, 7) is 0. The van der Waals surface area contributed by atoms with Crippen molar-refractivity contribution >= 4 is 0 Å². The normalized spacial score (nSPS) is 35.9. The summed E-state index contributed by atoms with van der Waals surface area (Å²) >= 11 is 0. The van der Waals surface area contributed by atoms with E-state index in [0.717, 1.165) is 12.8 Å². The average molecular weight is 236 g/mol. The van der Waals surface area contributed by atoms with Gasteiger partial charge in [-0.05, 0) is 18.9 Å². The van der Waals surface area contributed by atoms with Gasteiger partial charge in [0.05, 0.1) is 13.3 Å². The number of hydrogen-bond acceptors (Lipinski definition) is 3. The van der Waals surface area contributed by atoms with E-state index in [2.05, 4.69) is 10.3 Å². The lowest BCUT2D eigenvalue weighted by Gasteiger charge is -2.35. The van der Waals surface area contributed by atoms with Crippen LogP contribution in [0.2, 0.25) is 0 Å². The second-order valence-corrected chi connectivity index (χ2v) is 5.12. The van der Waals surface area contributed by atoms with Crippen LogP contribution >= 0.6 is 0 Å². The Hall–Kier alpha value is -1.16. The van der Waals surface area contributed by atoms with Crippen LogP contribution in [0.15, 0.2) is 18.5 Å². The lowest BCUT2D eigenvalue weighted by molar-refractivity contribution is 0.0867. The molecule has 2 unspecified atom stereocenters. The predicted octanol–water partition coefficient (Wildman–Crippen LogP) is 2.17. The van der Waals surface area contributed by atoms with E-state index in [-0.39, 0.29) is 0 Å². The maximum Gasteiger partial charge on any atom is 0.140 e. The maximum absolute atomic E-state index is 15.0. The Morgan fingerprint density at radius 2 is 2.06 bits per heavy atom. The molecule has 2 saturated heterocycles. The van der Waals surface area contributed by atoms with Crippen LogP contribution < -0.4 is 10.1 Å². The van der Waals surface area contributed by atoms with E-state index < -0.39 is 5.67 Å². The van der Waals surface area contributed by atoms with Crippen LogP contribution in [0.3, 0.4) is 0 Å². The zero-order valence-electron chi connectivity index (χ0n) is 9.95. The SMILES string of the molecule is COc1cncc(C2(F)CC3CCC(C2)N3)c1. The Bertz CT molecular complexity index is 412. The van der Waals surface area contributed by atoms with E-state index in [1.807, 2.05) is 0 Å². The van der Waals surface area contributed by atoms with Crippen LogP contribution in [0.1, 0.15) is 31.2 Å². The number of hydrogen-bond donors (Lipinski definition) is 1. The number of piperidine rings is 1. The molecule has 2 bridgehead atoms. The Labute approximate surface area is 100 Å². The zero-order chi connectivity index (χ0) is 11.9. The number of ether oxygens (including phenoxy) is 1. The van der Waals surface area contributed by atoms with E-state index in [1.165, 1.54) is 0 Å². The zero-order valence-corrected chi connectivity index (χ0v) is 9.95. The first-order valence-corrected chi connectivity index (χ1v) is 6.14. The standard InChI is InChI=1S/C13H17FN2O/c1-17-12-4-9(7-15-8-12)13(14)5-10-2-3-11(6-13)16-10/h4,7-8,10-11,16H,2-3,5-6H2,1H3. The number of alkyl halides is 1. The molecule has 0 amide bonds. The molecule has 2 fully saturated rings. The van der Waals surface area contributed by atoms with Gasteiger partial charge >= 0.3 is 0 Å². The van der Waals surface area contributed by atoms with Gasteiger partial charge in [-0.2, -0.15) is 0 Å². The van der Waals surface area contributed by atoms with E-state index in [4.69, 9.17) is 4.74 Å². The number of halogens is 1. The second-order valence-electron chi connectivity index (χ2n) is 5.12. The molecule has 2 atom stereocenters. The molecule has 0 radical (unpaired) electrons. The molecule has 1 aromatic heterocycles. The third-order valence-electron chi connectivity index (χ3n) is 3.94. The van der Waals surface area contributed by atoms with Gasteiger partial charge in [0, 0.05) is 36.7 Å². The Morgan fingerprint density at radius 1 is 1.35 bits per heavy atom. The van der Waals surface area contributed by atoms with Gasteiger partial charge in [0.2, 0.25) is 0 Å². The Morgan fingerprint density at radius 3 is 2.71 bits per heavy atom. The molecule has 2 aliphatic rings. The summed E-state index contributed by atoms with van der Waals surface area (Å²) in [5.74, 6) is 0.630. The van der Waals surface area contributed by atoms with Gasteiger partial charge < -0.3 is 10.1 Å². The number of methoxy groups -OCH3 is 1. The summed E-state index contributed by atoms with van der Waals surface area (Å²) in [6, 6.07) is 2.42. The van der Waals surface area contributed by atoms with Crippen LogP contribution in [0.25, 0.3) is 0 Å². The molecule has 1 aromatic rings. The minimum Gasteiger partial charge on any atom is -0.495 e. The van der Waals surface area contributed by atoms with Gasteiger partial charge in [-0.3, -0.25) is 4.98 Å². The largest absolute Gasteiger partial charge is 0.495 e.